The van der Waals surface area contributed by atoms with E-state index >= 15 is 0 Å². The van der Waals surface area contributed by atoms with Gasteiger partial charge in [0, 0.05) is 26.9 Å². The van der Waals surface area contributed by atoms with E-state index in [1.165, 1.54) is 12.8 Å². The Morgan fingerprint density at radius 2 is 2.06 bits per heavy atom. The van der Waals surface area contributed by atoms with Crippen molar-refractivity contribution >= 4 is 0 Å². The van der Waals surface area contributed by atoms with E-state index in [2.05, 4.69) is 6.92 Å². The quantitative estimate of drug-likeness (QED) is 0.643. The lowest BCUT2D eigenvalue weighted by molar-refractivity contribution is -0.0913. The van der Waals surface area contributed by atoms with Gasteiger partial charge >= 0.3 is 0 Å². The third kappa shape index (κ3) is 5.65. The number of methoxy groups -OCH3 is 1. The molecule has 0 aromatic carbocycles. The molecule has 4 nitrogen and oxygen atoms in total. The van der Waals surface area contributed by atoms with Gasteiger partial charge in [0.05, 0.1) is 18.8 Å². The predicted molar refractivity (Wildman–Crippen MR) is 72.7 cm³/mol. The first-order chi connectivity index (χ1) is 8.72. The van der Waals surface area contributed by atoms with Crippen molar-refractivity contribution < 1.29 is 14.2 Å². The molecule has 0 heterocycles. The minimum atomic E-state index is -0.0897. The van der Waals surface area contributed by atoms with Gasteiger partial charge in [-0.25, -0.2) is 0 Å². The summed E-state index contributed by atoms with van der Waals surface area (Å²) in [6, 6.07) is 0. The van der Waals surface area contributed by atoms with E-state index in [9.17, 15) is 0 Å². The Hall–Kier alpha value is -0.160. The normalized spacial score (nSPS) is 28.5. The van der Waals surface area contributed by atoms with Gasteiger partial charge in [0.25, 0.3) is 0 Å². The second-order valence-electron chi connectivity index (χ2n) is 5.40. The number of hydrogen-bond acceptors (Lipinski definition) is 4. The second-order valence-corrected chi connectivity index (χ2v) is 5.40. The molecule has 0 spiro atoms. The zero-order chi connectivity index (χ0) is 13.3. The summed E-state index contributed by atoms with van der Waals surface area (Å²) in [6.45, 7) is 5.71. The molecule has 1 fully saturated rings. The van der Waals surface area contributed by atoms with Crippen molar-refractivity contribution in [2.45, 2.75) is 44.6 Å². The Morgan fingerprint density at radius 3 is 2.72 bits per heavy atom. The lowest BCUT2D eigenvalue weighted by Crippen LogP contribution is -2.45. The summed E-state index contributed by atoms with van der Waals surface area (Å²) >= 11 is 0. The Morgan fingerprint density at radius 1 is 1.22 bits per heavy atom. The van der Waals surface area contributed by atoms with Crippen LogP contribution >= 0.6 is 0 Å². The van der Waals surface area contributed by atoms with Crippen molar-refractivity contribution in [3.8, 4) is 0 Å². The first-order valence-electron chi connectivity index (χ1n) is 7.13. The van der Waals surface area contributed by atoms with Crippen LogP contribution in [0.5, 0.6) is 0 Å². The van der Waals surface area contributed by atoms with Crippen molar-refractivity contribution in [1.29, 1.82) is 0 Å². The molecule has 4 heteroatoms. The number of nitrogens with two attached hydrogens (primary N) is 1. The molecule has 0 aromatic rings. The average molecular weight is 259 g/mol. The molecule has 1 rings (SSSR count). The van der Waals surface area contributed by atoms with Gasteiger partial charge in [0.15, 0.2) is 0 Å². The van der Waals surface area contributed by atoms with E-state index in [0.717, 1.165) is 38.4 Å². The average Bonchev–Trinajstić information content (AvgIpc) is 2.38. The van der Waals surface area contributed by atoms with E-state index in [1.807, 2.05) is 0 Å². The van der Waals surface area contributed by atoms with Crippen LogP contribution in [0.3, 0.4) is 0 Å². The highest BCUT2D eigenvalue weighted by Gasteiger charge is 2.34. The summed E-state index contributed by atoms with van der Waals surface area (Å²) in [7, 11) is 1.71. The zero-order valence-electron chi connectivity index (χ0n) is 12.0. The maximum atomic E-state index is 6.02. The van der Waals surface area contributed by atoms with Crippen LogP contribution in [0.15, 0.2) is 0 Å². The van der Waals surface area contributed by atoms with Gasteiger partial charge < -0.3 is 19.9 Å². The summed E-state index contributed by atoms with van der Waals surface area (Å²) in [5.41, 5.74) is 5.81. The Balaban J connectivity index is 2.11. The molecule has 0 saturated heterocycles. The molecule has 2 unspecified atom stereocenters. The van der Waals surface area contributed by atoms with Gasteiger partial charge in [-0.2, -0.15) is 0 Å². The molecule has 1 aliphatic carbocycles. The summed E-state index contributed by atoms with van der Waals surface area (Å²) in [5, 5.41) is 0. The minimum absolute atomic E-state index is 0.0897. The second kappa shape index (κ2) is 8.86. The maximum absolute atomic E-state index is 6.02. The Bertz CT molecular complexity index is 213. The molecule has 1 saturated carbocycles. The summed E-state index contributed by atoms with van der Waals surface area (Å²) in [5.74, 6) is 0.727. The van der Waals surface area contributed by atoms with Crippen molar-refractivity contribution in [2.24, 2.45) is 11.7 Å². The summed E-state index contributed by atoms with van der Waals surface area (Å²) in [4.78, 5) is 0. The van der Waals surface area contributed by atoms with Crippen LogP contribution in [-0.2, 0) is 14.2 Å². The van der Waals surface area contributed by atoms with Crippen LogP contribution in [0, 0.1) is 5.92 Å². The Kier molecular flexibility index (Phi) is 7.82. The lowest BCUT2D eigenvalue weighted by atomic mass is 9.79. The van der Waals surface area contributed by atoms with Gasteiger partial charge in [0.1, 0.15) is 0 Å². The van der Waals surface area contributed by atoms with Crippen molar-refractivity contribution in [3.63, 3.8) is 0 Å². The SMILES string of the molecule is COCCCOCCOC1(CN)CCCC(C)C1. The summed E-state index contributed by atoms with van der Waals surface area (Å²) in [6.07, 6.45) is 5.66. The van der Waals surface area contributed by atoms with E-state index in [0.29, 0.717) is 19.8 Å². The molecule has 108 valence electrons. The maximum Gasteiger partial charge on any atom is 0.0807 e. The molecule has 18 heavy (non-hydrogen) atoms. The topological polar surface area (TPSA) is 53.7 Å². The van der Waals surface area contributed by atoms with Crippen LogP contribution < -0.4 is 5.73 Å². The highest BCUT2D eigenvalue weighted by molar-refractivity contribution is 4.87. The largest absolute Gasteiger partial charge is 0.385 e. The van der Waals surface area contributed by atoms with Gasteiger partial charge in [-0.1, -0.05) is 19.8 Å². The van der Waals surface area contributed by atoms with E-state index in [-0.39, 0.29) is 5.60 Å². The van der Waals surface area contributed by atoms with Crippen LogP contribution in [0.2, 0.25) is 0 Å². The van der Waals surface area contributed by atoms with Crippen LogP contribution in [0.4, 0.5) is 0 Å². The fourth-order valence-electron chi connectivity index (χ4n) is 2.71. The molecule has 0 aromatic heterocycles. The first-order valence-corrected chi connectivity index (χ1v) is 7.13. The predicted octanol–water partition coefficient (Wildman–Crippen LogP) is 1.96. The highest BCUT2D eigenvalue weighted by atomic mass is 16.5. The molecule has 0 radical (unpaired) electrons. The standard InChI is InChI=1S/C14H29NO3/c1-13-5-3-6-14(11-13,12-15)18-10-9-17-8-4-7-16-2/h13H,3-12,15H2,1-2H3. The van der Waals surface area contributed by atoms with E-state index in [4.69, 9.17) is 19.9 Å². The molecule has 0 aliphatic heterocycles. The molecule has 2 N–H and O–H groups in total. The van der Waals surface area contributed by atoms with Gasteiger partial charge in [-0.15, -0.1) is 0 Å². The van der Waals surface area contributed by atoms with E-state index < -0.39 is 0 Å². The third-order valence-corrected chi connectivity index (χ3v) is 3.69. The number of ether oxygens (including phenoxy) is 3. The lowest BCUT2D eigenvalue weighted by Gasteiger charge is -2.39. The van der Waals surface area contributed by atoms with Crippen molar-refractivity contribution in [2.75, 3.05) is 40.1 Å². The summed E-state index contributed by atoms with van der Waals surface area (Å²) < 4.78 is 16.5. The van der Waals surface area contributed by atoms with Crippen molar-refractivity contribution in [3.05, 3.63) is 0 Å². The molecule has 2 atom stereocenters. The van der Waals surface area contributed by atoms with Crippen LogP contribution in [0.25, 0.3) is 0 Å². The number of rotatable bonds is 9. The van der Waals surface area contributed by atoms with Gasteiger partial charge in [0.2, 0.25) is 0 Å². The fraction of sp³-hybridized carbons (Fsp3) is 1.00. The molecular weight excluding hydrogens is 230 g/mol. The van der Waals surface area contributed by atoms with Crippen LogP contribution in [-0.4, -0.2) is 45.7 Å². The molecule has 0 bridgehead atoms. The zero-order valence-corrected chi connectivity index (χ0v) is 12.0. The minimum Gasteiger partial charge on any atom is -0.385 e. The molecular formula is C14H29NO3. The third-order valence-electron chi connectivity index (χ3n) is 3.69. The fourth-order valence-corrected chi connectivity index (χ4v) is 2.71. The highest BCUT2D eigenvalue weighted by Crippen LogP contribution is 2.34. The monoisotopic (exact) mass is 259 g/mol. The van der Waals surface area contributed by atoms with Gasteiger partial charge in [-0.3, -0.25) is 0 Å². The number of hydrogen-bond donors (Lipinski definition) is 1. The van der Waals surface area contributed by atoms with Crippen molar-refractivity contribution in [1.82, 2.24) is 0 Å². The smallest absolute Gasteiger partial charge is 0.0807 e. The molecule has 1 aliphatic rings. The van der Waals surface area contributed by atoms with E-state index in [1.54, 1.807) is 7.11 Å². The van der Waals surface area contributed by atoms with Gasteiger partial charge in [-0.05, 0) is 25.2 Å². The first kappa shape index (κ1) is 15.9. The molecule has 0 amide bonds. The Labute approximate surface area is 111 Å². The van der Waals surface area contributed by atoms with Crippen LogP contribution in [0.1, 0.15) is 39.0 Å².